The second-order valence-electron chi connectivity index (χ2n) is 7.98. The number of aryl methyl sites for hydroxylation is 2. The molecule has 3 aromatic rings. The average Bonchev–Trinajstić information content (AvgIpc) is 3.38. The van der Waals surface area contributed by atoms with Crippen LogP contribution in [0, 0.1) is 13.8 Å². The van der Waals surface area contributed by atoms with E-state index in [9.17, 15) is 4.79 Å². The van der Waals surface area contributed by atoms with E-state index in [4.69, 9.17) is 4.74 Å². The highest BCUT2D eigenvalue weighted by molar-refractivity contribution is 7.10. The first kappa shape index (κ1) is 18.7. The Balaban J connectivity index is 1.25. The molecular formula is C21H25N5O2S. The number of aromatic nitrogens is 4. The van der Waals surface area contributed by atoms with Gasteiger partial charge in [-0.25, -0.2) is 9.50 Å². The van der Waals surface area contributed by atoms with Crippen LogP contribution >= 0.6 is 11.3 Å². The topological polar surface area (TPSA) is 72.6 Å². The lowest BCUT2D eigenvalue weighted by Gasteiger charge is -2.43. The molecular weight excluding hydrogens is 386 g/mol. The van der Waals surface area contributed by atoms with E-state index in [2.05, 4.69) is 26.5 Å². The van der Waals surface area contributed by atoms with Gasteiger partial charge in [-0.3, -0.25) is 4.79 Å². The molecule has 7 nitrogen and oxygen atoms in total. The molecule has 1 fully saturated rings. The van der Waals surface area contributed by atoms with Gasteiger partial charge in [0.05, 0.1) is 6.61 Å². The van der Waals surface area contributed by atoms with Crippen LogP contribution in [0.5, 0.6) is 0 Å². The summed E-state index contributed by atoms with van der Waals surface area (Å²) < 4.78 is 8.01. The second kappa shape index (κ2) is 7.18. The van der Waals surface area contributed by atoms with Gasteiger partial charge in [-0.15, -0.1) is 11.3 Å². The monoisotopic (exact) mass is 411 g/mol. The van der Waals surface area contributed by atoms with E-state index < -0.39 is 0 Å². The summed E-state index contributed by atoms with van der Waals surface area (Å²) in [6.07, 6.45) is 5.45. The molecule has 5 heterocycles. The predicted molar refractivity (Wildman–Crippen MR) is 110 cm³/mol. The quantitative estimate of drug-likeness (QED) is 0.663. The molecule has 152 valence electrons. The number of hydrogen-bond donors (Lipinski definition) is 0. The fourth-order valence-electron chi connectivity index (χ4n) is 4.75. The van der Waals surface area contributed by atoms with Gasteiger partial charge in [0.25, 0.3) is 5.78 Å². The standard InChI is InChI=1S/C21H25N5O2S/c1-14-17(15(2)26-20(24-14)22-13-23-26)3-4-18(27)25-9-7-21(8-10-25)19-16(5-11-28-21)6-12-29-19/h6,12-13H,3-5,7-11H2,1-2H3. The first-order valence-corrected chi connectivity index (χ1v) is 11.1. The van der Waals surface area contributed by atoms with Gasteiger partial charge in [0.2, 0.25) is 5.91 Å². The fraction of sp³-hybridized carbons (Fsp3) is 0.524. The van der Waals surface area contributed by atoms with Gasteiger partial charge in [0, 0.05) is 35.8 Å². The van der Waals surface area contributed by atoms with Crippen LogP contribution in [0.3, 0.4) is 0 Å². The van der Waals surface area contributed by atoms with Crippen molar-refractivity contribution in [3.8, 4) is 0 Å². The lowest BCUT2D eigenvalue weighted by Crippen LogP contribution is -2.47. The molecule has 0 atom stereocenters. The summed E-state index contributed by atoms with van der Waals surface area (Å²) in [5.41, 5.74) is 4.28. The number of fused-ring (bicyclic) bond motifs is 3. The van der Waals surface area contributed by atoms with Gasteiger partial charge in [-0.2, -0.15) is 10.1 Å². The molecule has 1 amide bonds. The van der Waals surface area contributed by atoms with Crippen LogP contribution in [-0.4, -0.2) is 50.1 Å². The number of carbonyl (C=O) groups is 1. The molecule has 0 saturated carbocycles. The SMILES string of the molecule is Cc1nc2ncnn2c(C)c1CCC(=O)N1CCC2(CC1)OCCc1ccsc12. The zero-order valence-corrected chi connectivity index (χ0v) is 17.7. The third kappa shape index (κ3) is 3.14. The molecule has 0 bridgehead atoms. The van der Waals surface area contributed by atoms with E-state index >= 15 is 0 Å². The number of amides is 1. The Morgan fingerprint density at radius 1 is 1.31 bits per heavy atom. The summed E-state index contributed by atoms with van der Waals surface area (Å²) in [6, 6.07) is 2.23. The lowest BCUT2D eigenvalue weighted by molar-refractivity contribution is -0.140. The van der Waals surface area contributed by atoms with Crippen LogP contribution in [-0.2, 0) is 28.0 Å². The Hall–Kier alpha value is -2.32. The van der Waals surface area contributed by atoms with Crippen LogP contribution < -0.4 is 0 Å². The fourth-order valence-corrected chi connectivity index (χ4v) is 5.92. The molecule has 1 spiro atoms. The Morgan fingerprint density at radius 2 is 2.14 bits per heavy atom. The molecule has 8 heteroatoms. The number of likely N-dealkylation sites (tertiary alicyclic amines) is 1. The van der Waals surface area contributed by atoms with E-state index in [1.165, 1.54) is 16.8 Å². The minimum absolute atomic E-state index is 0.173. The number of carbonyl (C=O) groups excluding carboxylic acids is 1. The van der Waals surface area contributed by atoms with Crippen molar-refractivity contribution in [3.63, 3.8) is 0 Å². The van der Waals surface area contributed by atoms with Crippen molar-refractivity contribution in [3.05, 3.63) is 45.2 Å². The van der Waals surface area contributed by atoms with Gasteiger partial charge >= 0.3 is 0 Å². The molecule has 0 radical (unpaired) electrons. The predicted octanol–water partition coefficient (Wildman–Crippen LogP) is 2.83. The third-order valence-electron chi connectivity index (χ3n) is 6.41. The molecule has 2 aliphatic heterocycles. The first-order valence-electron chi connectivity index (χ1n) is 10.2. The van der Waals surface area contributed by atoms with E-state index in [-0.39, 0.29) is 11.5 Å². The molecule has 29 heavy (non-hydrogen) atoms. The van der Waals surface area contributed by atoms with Crippen LogP contribution in [0.25, 0.3) is 5.78 Å². The number of hydrogen-bond acceptors (Lipinski definition) is 6. The van der Waals surface area contributed by atoms with E-state index in [0.717, 1.165) is 55.9 Å². The summed E-state index contributed by atoms with van der Waals surface area (Å²) in [6.45, 7) is 6.29. The van der Waals surface area contributed by atoms with Gasteiger partial charge in [-0.1, -0.05) is 0 Å². The number of thiophene rings is 1. The minimum Gasteiger partial charge on any atom is -0.369 e. The number of piperidine rings is 1. The summed E-state index contributed by atoms with van der Waals surface area (Å²) in [5, 5.41) is 6.40. The summed E-state index contributed by atoms with van der Waals surface area (Å²) >= 11 is 1.80. The van der Waals surface area contributed by atoms with E-state index in [0.29, 0.717) is 18.6 Å². The summed E-state index contributed by atoms with van der Waals surface area (Å²) in [5.74, 6) is 0.816. The molecule has 3 aromatic heterocycles. The molecule has 0 aromatic carbocycles. The maximum Gasteiger partial charge on any atom is 0.252 e. The van der Waals surface area contributed by atoms with Crippen LogP contribution in [0.4, 0.5) is 0 Å². The molecule has 0 aliphatic carbocycles. The van der Waals surface area contributed by atoms with Crippen molar-refractivity contribution < 1.29 is 9.53 Å². The van der Waals surface area contributed by atoms with Crippen molar-refractivity contribution in [1.82, 2.24) is 24.5 Å². The maximum atomic E-state index is 12.9. The van der Waals surface area contributed by atoms with Crippen LogP contribution in [0.15, 0.2) is 17.8 Å². The van der Waals surface area contributed by atoms with Crippen LogP contribution in [0.2, 0.25) is 0 Å². The zero-order valence-electron chi connectivity index (χ0n) is 16.8. The van der Waals surface area contributed by atoms with Crippen molar-refractivity contribution in [1.29, 1.82) is 0 Å². The van der Waals surface area contributed by atoms with E-state index in [1.807, 2.05) is 18.7 Å². The largest absolute Gasteiger partial charge is 0.369 e. The van der Waals surface area contributed by atoms with Crippen LogP contribution in [0.1, 0.15) is 46.7 Å². The normalized spacial score (nSPS) is 18.3. The minimum atomic E-state index is -0.173. The van der Waals surface area contributed by atoms with Crippen molar-refractivity contribution in [2.24, 2.45) is 0 Å². The van der Waals surface area contributed by atoms with Crippen molar-refractivity contribution in [2.45, 2.75) is 51.6 Å². The van der Waals surface area contributed by atoms with Crippen molar-refractivity contribution >= 4 is 23.0 Å². The van der Waals surface area contributed by atoms with Gasteiger partial charge in [-0.05, 0) is 62.1 Å². The first-order chi connectivity index (χ1) is 14.1. The molecule has 5 rings (SSSR count). The highest BCUT2D eigenvalue weighted by Crippen LogP contribution is 2.44. The highest BCUT2D eigenvalue weighted by atomic mass is 32.1. The second-order valence-corrected chi connectivity index (χ2v) is 8.90. The lowest BCUT2D eigenvalue weighted by atomic mass is 9.85. The molecule has 1 saturated heterocycles. The maximum absolute atomic E-state index is 12.9. The molecule has 0 N–H and O–H groups in total. The van der Waals surface area contributed by atoms with E-state index in [1.54, 1.807) is 15.9 Å². The molecule has 0 unspecified atom stereocenters. The number of ether oxygens (including phenoxy) is 1. The smallest absolute Gasteiger partial charge is 0.252 e. The zero-order chi connectivity index (χ0) is 20.0. The highest BCUT2D eigenvalue weighted by Gasteiger charge is 2.42. The summed E-state index contributed by atoms with van der Waals surface area (Å²) in [4.78, 5) is 25.0. The Labute approximate surface area is 173 Å². The average molecular weight is 412 g/mol. The van der Waals surface area contributed by atoms with Crippen molar-refractivity contribution in [2.75, 3.05) is 19.7 Å². The third-order valence-corrected chi connectivity index (χ3v) is 7.55. The number of rotatable bonds is 3. The van der Waals surface area contributed by atoms with Gasteiger partial charge < -0.3 is 9.64 Å². The summed E-state index contributed by atoms with van der Waals surface area (Å²) in [7, 11) is 0. The number of nitrogens with zero attached hydrogens (tertiary/aromatic N) is 5. The Bertz CT molecular complexity index is 1060. The molecule has 2 aliphatic rings. The Morgan fingerprint density at radius 3 is 2.97 bits per heavy atom. The Kier molecular flexibility index (Phi) is 4.63. The van der Waals surface area contributed by atoms with Gasteiger partial charge in [0.1, 0.15) is 11.9 Å². The van der Waals surface area contributed by atoms with Gasteiger partial charge in [0.15, 0.2) is 0 Å².